The van der Waals surface area contributed by atoms with Crippen LogP contribution in [0.1, 0.15) is 18.1 Å². The van der Waals surface area contributed by atoms with Crippen molar-refractivity contribution in [1.29, 1.82) is 0 Å². The van der Waals surface area contributed by atoms with Crippen molar-refractivity contribution in [2.75, 3.05) is 24.5 Å². The van der Waals surface area contributed by atoms with Crippen LogP contribution in [0.5, 0.6) is 0 Å². The molecule has 0 aliphatic carbocycles. The standard InChI is InChI=1S/C16H19N3O3S/c1-11(23)17-7-15-9-19(16(21)22-15)14-3-2-12-4-5-18(10-20)8-13(12)6-14/h2-3,6,10,15H,4-5,7-9H2,1H3,(H,17,23). The number of carbonyl (C=O) groups excluding carboxylic acids is 2. The number of carbonyl (C=O) groups is 2. The van der Waals surface area contributed by atoms with Gasteiger partial charge in [0.25, 0.3) is 0 Å². The van der Waals surface area contributed by atoms with Crippen LogP contribution in [0.2, 0.25) is 0 Å². The summed E-state index contributed by atoms with van der Waals surface area (Å²) < 4.78 is 5.36. The van der Waals surface area contributed by atoms with Crippen molar-refractivity contribution in [3.8, 4) is 0 Å². The van der Waals surface area contributed by atoms with E-state index in [0.29, 0.717) is 24.6 Å². The minimum atomic E-state index is -0.346. The van der Waals surface area contributed by atoms with Gasteiger partial charge in [0.2, 0.25) is 6.41 Å². The van der Waals surface area contributed by atoms with Crippen molar-refractivity contribution in [3.63, 3.8) is 0 Å². The molecule has 6 nitrogen and oxygen atoms in total. The summed E-state index contributed by atoms with van der Waals surface area (Å²) in [6.07, 6.45) is 1.15. The maximum Gasteiger partial charge on any atom is 0.414 e. The van der Waals surface area contributed by atoms with Gasteiger partial charge in [-0.15, -0.1) is 0 Å². The van der Waals surface area contributed by atoms with Gasteiger partial charge < -0.3 is 15.0 Å². The normalized spacial score (nSPS) is 20.0. The fourth-order valence-electron chi connectivity index (χ4n) is 2.92. The molecule has 1 fully saturated rings. The van der Waals surface area contributed by atoms with E-state index in [1.807, 2.05) is 18.2 Å². The van der Waals surface area contributed by atoms with Gasteiger partial charge in [-0.2, -0.15) is 0 Å². The molecule has 0 radical (unpaired) electrons. The molecule has 23 heavy (non-hydrogen) atoms. The van der Waals surface area contributed by atoms with Gasteiger partial charge in [0, 0.05) is 18.8 Å². The molecule has 2 aliphatic rings. The summed E-state index contributed by atoms with van der Waals surface area (Å²) in [6.45, 7) is 4.13. The lowest BCUT2D eigenvalue weighted by Crippen LogP contribution is -2.33. The molecule has 1 aromatic rings. The van der Waals surface area contributed by atoms with Gasteiger partial charge in [0.05, 0.1) is 18.1 Å². The Morgan fingerprint density at radius 1 is 1.48 bits per heavy atom. The van der Waals surface area contributed by atoms with E-state index in [1.165, 1.54) is 5.56 Å². The number of amides is 2. The number of benzene rings is 1. The second-order valence-electron chi connectivity index (χ2n) is 5.83. The number of hydrogen-bond donors (Lipinski definition) is 1. The summed E-state index contributed by atoms with van der Waals surface area (Å²) in [7, 11) is 0. The molecule has 2 aliphatic heterocycles. The van der Waals surface area contributed by atoms with Gasteiger partial charge in [-0.25, -0.2) is 4.79 Å². The van der Waals surface area contributed by atoms with Gasteiger partial charge in [-0.3, -0.25) is 9.69 Å². The van der Waals surface area contributed by atoms with E-state index in [0.717, 1.165) is 30.6 Å². The van der Waals surface area contributed by atoms with E-state index in [4.69, 9.17) is 17.0 Å². The molecule has 3 rings (SSSR count). The maximum absolute atomic E-state index is 12.1. The lowest BCUT2D eigenvalue weighted by molar-refractivity contribution is -0.118. The van der Waals surface area contributed by atoms with E-state index in [2.05, 4.69) is 5.32 Å². The molecule has 0 spiro atoms. The summed E-state index contributed by atoms with van der Waals surface area (Å²) in [5, 5.41) is 3.03. The highest BCUT2D eigenvalue weighted by Gasteiger charge is 2.32. The van der Waals surface area contributed by atoms with E-state index in [1.54, 1.807) is 16.7 Å². The third-order valence-corrected chi connectivity index (χ3v) is 4.29. The zero-order valence-electron chi connectivity index (χ0n) is 12.9. The Kier molecular flexibility index (Phi) is 4.47. The Balaban J connectivity index is 1.73. The van der Waals surface area contributed by atoms with Crippen LogP contribution < -0.4 is 10.2 Å². The molecule has 1 aromatic carbocycles. The minimum absolute atomic E-state index is 0.220. The summed E-state index contributed by atoms with van der Waals surface area (Å²) in [5.74, 6) is 0. The molecule has 0 aromatic heterocycles. The maximum atomic E-state index is 12.1. The third kappa shape index (κ3) is 3.44. The lowest BCUT2D eigenvalue weighted by atomic mass is 9.99. The molecular formula is C16H19N3O3S. The van der Waals surface area contributed by atoms with Crippen LogP contribution in [0.4, 0.5) is 10.5 Å². The van der Waals surface area contributed by atoms with Crippen molar-refractivity contribution in [1.82, 2.24) is 10.2 Å². The predicted octanol–water partition coefficient (Wildman–Crippen LogP) is 1.46. The fourth-order valence-corrected chi connectivity index (χ4v) is 3.00. The Morgan fingerprint density at radius 3 is 3.04 bits per heavy atom. The summed E-state index contributed by atoms with van der Waals surface area (Å²) >= 11 is 4.97. The minimum Gasteiger partial charge on any atom is -0.442 e. The van der Waals surface area contributed by atoms with E-state index >= 15 is 0 Å². The zero-order valence-corrected chi connectivity index (χ0v) is 13.8. The highest BCUT2D eigenvalue weighted by molar-refractivity contribution is 7.80. The highest BCUT2D eigenvalue weighted by atomic mass is 32.1. The van der Waals surface area contributed by atoms with Crippen molar-refractivity contribution in [2.24, 2.45) is 0 Å². The number of anilines is 1. The van der Waals surface area contributed by atoms with Crippen LogP contribution in [0.3, 0.4) is 0 Å². The van der Waals surface area contributed by atoms with Crippen LogP contribution in [-0.4, -0.2) is 48.1 Å². The second-order valence-corrected chi connectivity index (χ2v) is 6.44. The van der Waals surface area contributed by atoms with Crippen molar-refractivity contribution in [2.45, 2.75) is 26.0 Å². The van der Waals surface area contributed by atoms with Gasteiger partial charge in [0.15, 0.2) is 0 Å². The first kappa shape index (κ1) is 15.7. The number of thiocarbonyl (C=S) groups is 1. The number of nitrogens with one attached hydrogen (secondary N) is 1. The van der Waals surface area contributed by atoms with Crippen molar-refractivity contribution < 1.29 is 14.3 Å². The van der Waals surface area contributed by atoms with Gasteiger partial charge >= 0.3 is 6.09 Å². The summed E-state index contributed by atoms with van der Waals surface area (Å²) in [4.78, 5) is 27.1. The first-order valence-electron chi connectivity index (χ1n) is 7.60. The average molecular weight is 333 g/mol. The first-order chi connectivity index (χ1) is 11.1. The molecule has 7 heteroatoms. The van der Waals surface area contributed by atoms with Crippen LogP contribution in [0.25, 0.3) is 0 Å². The Hall–Kier alpha value is -2.15. The van der Waals surface area contributed by atoms with E-state index < -0.39 is 0 Å². The Labute approximate surface area is 140 Å². The number of cyclic esters (lactones) is 1. The molecule has 0 bridgehead atoms. The molecule has 122 valence electrons. The van der Waals surface area contributed by atoms with Gasteiger partial charge in [0.1, 0.15) is 6.10 Å². The number of nitrogens with zero attached hydrogens (tertiary/aromatic N) is 2. The fraction of sp³-hybridized carbons (Fsp3) is 0.438. The summed E-state index contributed by atoms with van der Waals surface area (Å²) in [6, 6.07) is 5.95. The van der Waals surface area contributed by atoms with E-state index in [9.17, 15) is 9.59 Å². The molecule has 1 atom stereocenters. The monoisotopic (exact) mass is 333 g/mol. The third-order valence-electron chi connectivity index (χ3n) is 4.15. The first-order valence-corrected chi connectivity index (χ1v) is 8.01. The largest absolute Gasteiger partial charge is 0.442 e. The molecular weight excluding hydrogens is 314 g/mol. The molecule has 1 N–H and O–H groups in total. The quantitative estimate of drug-likeness (QED) is 0.668. The highest BCUT2D eigenvalue weighted by Crippen LogP contribution is 2.27. The van der Waals surface area contributed by atoms with Gasteiger partial charge in [-0.05, 0) is 36.6 Å². The molecule has 1 saturated heterocycles. The predicted molar refractivity (Wildman–Crippen MR) is 90.5 cm³/mol. The Bertz CT molecular complexity index is 649. The van der Waals surface area contributed by atoms with Crippen LogP contribution in [-0.2, 0) is 22.5 Å². The topological polar surface area (TPSA) is 61.9 Å². The smallest absolute Gasteiger partial charge is 0.414 e. The molecule has 2 heterocycles. The van der Waals surface area contributed by atoms with Crippen LogP contribution in [0, 0.1) is 0 Å². The molecule has 0 saturated carbocycles. The SMILES string of the molecule is CC(=S)NCC1CN(c2ccc3c(c2)CN(C=O)CC3)C(=O)O1. The van der Waals surface area contributed by atoms with Crippen molar-refractivity contribution >= 4 is 35.4 Å². The molecule has 1 unspecified atom stereocenters. The zero-order chi connectivity index (χ0) is 16.4. The number of hydrogen-bond acceptors (Lipinski definition) is 4. The average Bonchev–Trinajstić information content (AvgIpc) is 2.92. The lowest BCUT2D eigenvalue weighted by Gasteiger charge is -2.26. The molecule has 2 amide bonds. The second kappa shape index (κ2) is 6.54. The summed E-state index contributed by atoms with van der Waals surface area (Å²) in [5.41, 5.74) is 3.13. The van der Waals surface area contributed by atoms with E-state index in [-0.39, 0.29) is 12.2 Å². The Morgan fingerprint density at radius 2 is 2.30 bits per heavy atom. The number of rotatable bonds is 4. The number of ether oxygens (including phenoxy) is 1. The van der Waals surface area contributed by atoms with Gasteiger partial charge in [-0.1, -0.05) is 18.3 Å². The van der Waals surface area contributed by atoms with Crippen molar-refractivity contribution in [3.05, 3.63) is 29.3 Å². The van der Waals surface area contributed by atoms with Crippen LogP contribution >= 0.6 is 12.2 Å². The van der Waals surface area contributed by atoms with Crippen LogP contribution in [0.15, 0.2) is 18.2 Å². The number of fused-ring (bicyclic) bond motifs is 1.